The molecule has 0 spiro atoms. The summed E-state index contributed by atoms with van der Waals surface area (Å²) in [6.07, 6.45) is 0. The van der Waals surface area contributed by atoms with Gasteiger partial charge in [-0.3, -0.25) is 0 Å². The van der Waals surface area contributed by atoms with E-state index in [1.807, 2.05) is 14.0 Å². The van der Waals surface area contributed by atoms with Gasteiger partial charge in [-0.2, -0.15) is 10.1 Å². The van der Waals surface area contributed by atoms with Crippen molar-refractivity contribution in [2.45, 2.75) is 26.9 Å². The maximum atomic E-state index is 5.31. The van der Waals surface area contributed by atoms with E-state index in [1.165, 1.54) is 0 Å². The average Bonchev–Trinajstić information content (AvgIpc) is 2.84. The molecule has 2 aromatic rings. The predicted molar refractivity (Wildman–Crippen MR) is 64.1 cm³/mol. The van der Waals surface area contributed by atoms with Gasteiger partial charge in [0.1, 0.15) is 0 Å². The molecule has 0 unspecified atom stereocenters. The molecule has 7 heteroatoms. The monoisotopic (exact) mass is 251 g/mol. The molecule has 0 radical (unpaired) electrons. The molecule has 0 saturated carbocycles. The summed E-state index contributed by atoms with van der Waals surface area (Å²) in [7, 11) is 3.50. The largest absolute Gasteiger partial charge is 0.481 e. The third-order valence-electron chi connectivity index (χ3n) is 2.64. The molecule has 0 amide bonds. The van der Waals surface area contributed by atoms with Crippen LogP contribution >= 0.6 is 0 Å². The number of methoxy groups -OCH3 is 1. The van der Waals surface area contributed by atoms with Gasteiger partial charge in [0.15, 0.2) is 5.82 Å². The zero-order valence-electron chi connectivity index (χ0n) is 11.0. The Bertz CT molecular complexity index is 532. The van der Waals surface area contributed by atoms with Gasteiger partial charge in [0.05, 0.1) is 24.9 Å². The van der Waals surface area contributed by atoms with Crippen molar-refractivity contribution in [2.24, 2.45) is 7.05 Å². The first-order valence-corrected chi connectivity index (χ1v) is 5.68. The fraction of sp³-hybridized carbons (Fsp3) is 0.545. The molecule has 0 aliphatic rings. The third kappa shape index (κ3) is 2.51. The summed E-state index contributed by atoms with van der Waals surface area (Å²) < 4.78 is 11.9. The van der Waals surface area contributed by atoms with Crippen LogP contribution in [0.4, 0.5) is 0 Å². The molecule has 0 saturated heterocycles. The van der Waals surface area contributed by atoms with E-state index >= 15 is 0 Å². The van der Waals surface area contributed by atoms with Crippen LogP contribution in [0.5, 0.6) is 5.88 Å². The van der Waals surface area contributed by atoms with Gasteiger partial charge in [0.25, 0.3) is 0 Å². The van der Waals surface area contributed by atoms with Crippen LogP contribution in [-0.4, -0.2) is 27.0 Å². The lowest BCUT2D eigenvalue weighted by atomic mass is 10.2. The minimum atomic E-state index is 0.550. The van der Waals surface area contributed by atoms with Crippen LogP contribution < -0.4 is 10.1 Å². The van der Waals surface area contributed by atoms with E-state index in [4.69, 9.17) is 9.26 Å². The zero-order valence-corrected chi connectivity index (χ0v) is 11.0. The van der Waals surface area contributed by atoms with Crippen LogP contribution in [0, 0.1) is 13.8 Å². The Hall–Kier alpha value is -1.89. The second-order valence-electron chi connectivity index (χ2n) is 4.03. The lowest BCUT2D eigenvalue weighted by molar-refractivity contribution is 0.367. The Kier molecular flexibility index (Phi) is 3.61. The fourth-order valence-electron chi connectivity index (χ4n) is 1.85. The van der Waals surface area contributed by atoms with E-state index in [0.717, 1.165) is 17.1 Å². The van der Waals surface area contributed by atoms with E-state index in [0.29, 0.717) is 24.8 Å². The number of aromatic nitrogens is 4. The van der Waals surface area contributed by atoms with Gasteiger partial charge in [0.2, 0.25) is 11.8 Å². The predicted octanol–water partition coefficient (Wildman–Crippen LogP) is 0.718. The second kappa shape index (κ2) is 5.18. The van der Waals surface area contributed by atoms with Gasteiger partial charge in [-0.15, -0.1) is 0 Å². The highest BCUT2D eigenvalue weighted by molar-refractivity contribution is 5.30. The molecule has 0 aliphatic carbocycles. The van der Waals surface area contributed by atoms with E-state index in [9.17, 15) is 0 Å². The molecule has 7 nitrogen and oxygen atoms in total. The maximum Gasteiger partial charge on any atom is 0.223 e. The van der Waals surface area contributed by atoms with Gasteiger partial charge in [-0.25, -0.2) is 4.68 Å². The number of aryl methyl sites for hydroxylation is 3. The number of ether oxygens (including phenoxy) is 1. The molecule has 2 heterocycles. The van der Waals surface area contributed by atoms with Gasteiger partial charge in [-0.05, 0) is 6.92 Å². The number of nitrogens with zero attached hydrogens (tertiary/aromatic N) is 4. The van der Waals surface area contributed by atoms with E-state index in [2.05, 4.69) is 20.6 Å². The fourth-order valence-corrected chi connectivity index (χ4v) is 1.85. The molecule has 0 aliphatic heterocycles. The smallest absolute Gasteiger partial charge is 0.223 e. The molecule has 1 N–H and O–H groups in total. The molecule has 0 atom stereocenters. The van der Waals surface area contributed by atoms with Crippen LogP contribution in [0.1, 0.15) is 23.0 Å². The van der Waals surface area contributed by atoms with Crippen molar-refractivity contribution in [1.29, 1.82) is 0 Å². The second-order valence-corrected chi connectivity index (χ2v) is 4.03. The summed E-state index contributed by atoms with van der Waals surface area (Å²) in [4.78, 5) is 4.12. The molecule has 0 bridgehead atoms. The first-order valence-electron chi connectivity index (χ1n) is 5.68. The summed E-state index contributed by atoms with van der Waals surface area (Å²) in [5, 5.41) is 11.4. The van der Waals surface area contributed by atoms with Crippen molar-refractivity contribution in [2.75, 3.05) is 7.11 Å². The highest BCUT2D eigenvalue weighted by Crippen LogP contribution is 2.20. The van der Waals surface area contributed by atoms with Crippen molar-refractivity contribution >= 4 is 0 Å². The summed E-state index contributed by atoms with van der Waals surface area (Å²) in [6, 6.07) is 0. The molecule has 18 heavy (non-hydrogen) atoms. The third-order valence-corrected chi connectivity index (χ3v) is 2.64. The lowest BCUT2D eigenvalue weighted by Crippen LogP contribution is -2.14. The minimum absolute atomic E-state index is 0.550. The van der Waals surface area contributed by atoms with Gasteiger partial charge in [0, 0.05) is 20.5 Å². The SMILES string of the molecule is COc1c(CNCc2noc(C)n2)c(C)nn1C. The molecule has 2 rings (SSSR count). The number of nitrogens with one attached hydrogen (secondary N) is 1. The highest BCUT2D eigenvalue weighted by atomic mass is 16.5. The topological polar surface area (TPSA) is 78.0 Å². The first-order chi connectivity index (χ1) is 8.61. The average molecular weight is 251 g/mol. The highest BCUT2D eigenvalue weighted by Gasteiger charge is 2.13. The van der Waals surface area contributed by atoms with Gasteiger partial charge >= 0.3 is 0 Å². The molecule has 0 fully saturated rings. The Morgan fingerprint density at radius 3 is 2.72 bits per heavy atom. The quantitative estimate of drug-likeness (QED) is 0.843. The van der Waals surface area contributed by atoms with Gasteiger partial charge < -0.3 is 14.6 Å². The zero-order chi connectivity index (χ0) is 13.1. The van der Waals surface area contributed by atoms with E-state index < -0.39 is 0 Å². The molecular weight excluding hydrogens is 234 g/mol. The summed E-state index contributed by atoms with van der Waals surface area (Å²) in [5.41, 5.74) is 1.99. The Balaban J connectivity index is 1.98. The van der Waals surface area contributed by atoms with Gasteiger partial charge in [-0.1, -0.05) is 5.16 Å². The van der Waals surface area contributed by atoms with Crippen LogP contribution in [0.3, 0.4) is 0 Å². The standard InChI is InChI=1S/C11H17N5O2/c1-7-9(11(17-4)16(3)14-7)5-12-6-10-13-8(2)18-15-10/h12H,5-6H2,1-4H3. The van der Waals surface area contributed by atoms with Crippen LogP contribution in [-0.2, 0) is 20.1 Å². The first kappa shape index (κ1) is 12.6. The Morgan fingerprint density at radius 2 is 2.11 bits per heavy atom. The van der Waals surface area contributed by atoms with Crippen LogP contribution in [0.2, 0.25) is 0 Å². The molecule has 98 valence electrons. The molecule has 0 aromatic carbocycles. The lowest BCUT2D eigenvalue weighted by Gasteiger charge is -2.05. The van der Waals surface area contributed by atoms with E-state index in [1.54, 1.807) is 18.7 Å². The maximum absolute atomic E-state index is 5.31. The van der Waals surface area contributed by atoms with E-state index in [-0.39, 0.29) is 0 Å². The summed E-state index contributed by atoms with van der Waals surface area (Å²) >= 11 is 0. The Morgan fingerprint density at radius 1 is 1.33 bits per heavy atom. The molecule has 2 aromatic heterocycles. The van der Waals surface area contributed by atoms with Crippen molar-refractivity contribution in [3.63, 3.8) is 0 Å². The number of hydrogen-bond donors (Lipinski definition) is 1. The van der Waals surface area contributed by atoms with Crippen LogP contribution in [0.25, 0.3) is 0 Å². The minimum Gasteiger partial charge on any atom is -0.481 e. The van der Waals surface area contributed by atoms with Crippen molar-refractivity contribution < 1.29 is 9.26 Å². The van der Waals surface area contributed by atoms with Crippen molar-refractivity contribution in [3.05, 3.63) is 23.0 Å². The van der Waals surface area contributed by atoms with Crippen LogP contribution in [0.15, 0.2) is 4.52 Å². The van der Waals surface area contributed by atoms with Crippen molar-refractivity contribution in [1.82, 2.24) is 25.2 Å². The number of hydrogen-bond acceptors (Lipinski definition) is 6. The summed E-state index contributed by atoms with van der Waals surface area (Å²) in [5.74, 6) is 1.99. The normalized spacial score (nSPS) is 10.9. The Labute approximate surface area is 105 Å². The van der Waals surface area contributed by atoms with Crippen molar-refractivity contribution in [3.8, 4) is 5.88 Å². The summed E-state index contributed by atoms with van der Waals surface area (Å²) in [6.45, 7) is 4.92. The number of rotatable bonds is 5. The molecular formula is C11H17N5O2.